The first-order chi connectivity index (χ1) is 19.6. The van der Waals surface area contributed by atoms with Crippen molar-refractivity contribution < 1.29 is 24.5 Å². The van der Waals surface area contributed by atoms with E-state index in [1.54, 1.807) is 28.8 Å². The number of ether oxygens (including phenoxy) is 2. The van der Waals surface area contributed by atoms with E-state index in [0.717, 1.165) is 16.3 Å². The van der Waals surface area contributed by atoms with Crippen LogP contribution in [0.15, 0.2) is 85.5 Å². The molecule has 1 aliphatic rings. The monoisotopic (exact) mass is 539 g/mol. The second-order valence-electron chi connectivity index (χ2n) is 9.67. The molecule has 6 rings (SSSR count). The van der Waals surface area contributed by atoms with Gasteiger partial charge in [0.25, 0.3) is 5.91 Å². The molecule has 5 aromatic rings. The number of fused-ring (bicyclic) bond motifs is 2. The predicted octanol–water partition coefficient (Wildman–Crippen LogP) is 4.02. The van der Waals surface area contributed by atoms with Crippen LogP contribution in [0.4, 0.5) is 5.82 Å². The molecule has 3 heterocycles. The van der Waals surface area contributed by atoms with E-state index in [-0.39, 0.29) is 24.4 Å². The Kier molecular flexibility index (Phi) is 7.23. The highest BCUT2D eigenvalue weighted by atomic mass is 16.6. The standard InChI is InChI=1S/C30H29N5O5/c1-2-22(21-14-8-12-18-9-6-7-13-20(18)21)39-26-25(37)23(15-36)40-30(26)35-17-33-24-27(31-16-32-28(24)35)34-29(38)19-10-4-3-5-11-19/h3-14,16-17,22-23,25-26,30,36-37H,2,15H2,1H3,(H,31,32,34,38)/t22?,23-,25-,26-,30-/m1/s1. The number of nitrogens with one attached hydrogen (secondary N) is 1. The number of imidazole rings is 1. The van der Waals surface area contributed by atoms with Crippen molar-refractivity contribution in [1.29, 1.82) is 0 Å². The van der Waals surface area contributed by atoms with Gasteiger partial charge in [-0.1, -0.05) is 67.6 Å². The number of aromatic nitrogens is 4. The maximum Gasteiger partial charge on any atom is 0.256 e. The Bertz CT molecular complexity index is 1640. The number of rotatable bonds is 8. The van der Waals surface area contributed by atoms with Crippen LogP contribution in [0.1, 0.15) is 41.6 Å². The van der Waals surface area contributed by atoms with Crippen molar-refractivity contribution in [2.45, 2.75) is 44.0 Å². The summed E-state index contributed by atoms with van der Waals surface area (Å²) in [7, 11) is 0. The Hall–Kier alpha value is -4.22. The van der Waals surface area contributed by atoms with Crippen LogP contribution in [-0.2, 0) is 9.47 Å². The third-order valence-electron chi connectivity index (χ3n) is 7.26. The first-order valence-electron chi connectivity index (χ1n) is 13.2. The minimum absolute atomic E-state index is 0.245. The molecule has 0 saturated carbocycles. The number of aliphatic hydroxyl groups is 2. The Balaban J connectivity index is 1.33. The van der Waals surface area contributed by atoms with Gasteiger partial charge in [0, 0.05) is 5.56 Å². The van der Waals surface area contributed by atoms with Gasteiger partial charge in [-0.3, -0.25) is 9.36 Å². The molecular formula is C30H29N5O5. The van der Waals surface area contributed by atoms with Crippen molar-refractivity contribution >= 4 is 33.7 Å². The number of amides is 1. The summed E-state index contributed by atoms with van der Waals surface area (Å²) in [6, 6.07) is 23.0. The summed E-state index contributed by atoms with van der Waals surface area (Å²) in [5.74, 6) is -0.0837. The van der Waals surface area contributed by atoms with Gasteiger partial charge in [0.1, 0.15) is 24.6 Å². The Labute approximate surface area is 230 Å². The van der Waals surface area contributed by atoms with Gasteiger partial charge in [0.05, 0.1) is 19.0 Å². The first-order valence-corrected chi connectivity index (χ1v) is 13.2. The van der Waals surface area contributed by atoms with Crippen molar-refractivity contribution in [3.8, 4) is 0 Å². The average Bonchev–Trinajstić information content (AvgIpc) is 3.57. The van der Waals surface area contributed by atoms with E-state index < -0.39 is 24.5 Å². The molecule has 0 bridgehead atoms. The maximum absolute atomic E-state index is 12.8. The van der Waals surface area contributed by atoms with Gasteiger partial charge in [-0.2, -0.15) is 0 Å². The molecular weight excluding hydrogens is 510 g/mol. The minimum Gasteiger partial charge on any atom is -0.394 e. The highest BCUT2D eigenvalue weighted by molar-refractivity contribution is 6.06. The van der Waals surface area contributed by atoms with Crippen molar-refractivity contribution in [3.63, 3.8) is 0 Å². The fourth-order valence-electron chi connectivity index (χ4n) is 5.25. The Morgan fingerprint density at radius 1 is 1.05 bits per heavy atom. The quantitative estimate of drug-likeness (QED) is 0.270. The number of anilines is 1. The zero-order chi connectivity index (χ0) is 27.6. The summed E-state index contributed by atoms with van der Waals surface area (Å²) in [5, 5.41) is 26.1. The number of benzene rings is 3. The molecule has 10 nitrogen and oxygen atoms in total. The summed E-state index contributed by atoms with van der Waals surface area (Å²) in [6.07, 6.45) is -0.493. The molecule has 1 amide bonds. The smallest absolute Gasteiger partial charge is 0.256 e. The molecule has 0 spiro atoms. The number of hydrogen-bond donors (Lipinski definition) is 3. The van der Waals surface area contributed by atoms with E-state index in [9.17, 15) is 15.0 Å². The average molecular weight is 540 g/mol. The third-order valence-corrected chi connectivity index (χ3v) is 7.26. The molecule has 204 valence electrons. The summed E-state index contributed by atoms with van der Waals surface area (Å²) >= 11 is 0. The van der Waals surface area contributed by atoms with Crippen LogP contribution in [0.2, 0.25) is 0 Å². The van der Waals surface area contributed by atoms with E-state index in [1.165, 1.54) is 12.7 Å². The van der Waals surface area contributed by atoms with Crippen LogP contribution in [0, 0.1) is 0 Å². The summed E-state index contributed by atoms with van der Waals surface area (Å²) in [6.45, 7) is 1.64. The van der Waals surface area contributed by atoms with Crippen LogP contribution in [0.25, 0.3) is 21.9 Å². The maximum atomic E-state index is 12.8. The van der Waals surface area contributed by atoms with Gasteiger partial charge in [-0.25, -0.2) is 15.0 Å². The normalized spacial score (nSPS) is 21.6. The minimum atomic E-state index is -1.10. The molecule has 3 aromatic carbocycles. The second kappa shape index (κ2) is 11.1. The van der Waals surface area contributed by atoms with Crippen LogP contribution >= 0.6 is 0 Å². The number of nitrogens with zero attached hydrogens (tertiary/aromatic N) is 4. The topological polar surface area (TPSA) is 132 Å². The largest absolute Gasteiger partial charge is 0.394 e. The summed E-state index contributed by atoms with van der Waals surface area (Å²) in [4.78, 5) is 25.9. The van der Waals surface area contributed by atoms with Crippen LogP contribution in [-0.4, -0.2) is 60.6 Å². The third kappa shape index (κ3) is 4.71. The molecule has 0 radical (unpaired) electrons. The van der Waals surface area contributed by atoms with Gasteiger partial charge < -0.3 is 25.0 Å². The Morgan fingerprint density at radius 3 is 2.62 bits per heavy atom. The highest BCUT2D eigenvalue weighted by Gasteiger charge is 2.47. The molecule has 10 heteroatoms. The molecule has 1 saturated heterocycles. The van der Waals surface area contributed by atoms with Gasteiger partial charge >= 0.3 is 0 Å². The SMILES string of the molecule is CCC(O[C@@H]1[C@H](O)[C@@H](CO)O[C@H]1n1cnc2c(NC(=O)c3ccccc3)ncnc21)c1cccc2ccccc12. The molecule has 2 aromatic heterocycles. The predicted molar refractivity (Wildman–Crippen MR) is 149 cm³/mol. The van der Waals surface area contributed by atoms with Crippen molar-refractivity contribution in [3.05, 3.63) is 96.6 Å². The molecule has 1 unspecified atom stereocenters. The fraction of sp³-hybridized carbons (Fsp3) is 0.267. The number of carbonyl (C=O) groups is 1. The lowest BCUT2D eigenvalue weighted by molar-refractivity contribution is -0.102. The molecule has 5 atom stereocenters. The van der Waals surface area contributed by atoms with E-state index >= 15 is 0 Å². The van der Waals surface area contributed by atoms with Gasteiger partial charge in [0.2, 0.25) is 0 Å². The number of carbonyl (C=O) groups excluding carboxylic acids is 1. The first kappa shape index (κ1) is 26.0. The Morgan fingerprint density at radius 2 is 1.82 bits per heavy atom. The number of aliphatic hydroxyl groups excluding tert-OH is 2. The molecule has 1 fully saturated rings. The van der Waals surface area contributed by atoms with E-state index in [1.807, 2.05) is 37.3 Å². The lowest BCUT2D eigenvalue weighted by Crippen LogP contribution is -2.36. The van der Waals surface area contributed by atoms with Crippen molar-refractivity contribution in [1.82, 2.24) is 19.5 Å². The second-order valence-corrected chi connectivity index (χ2v) is 9.67. The van der Waals surface area contributed by atoms with Gasteiger partial charge in [-0.05, 0) is 34.9 Å². The van der Waals surface area contributed by atoms with E-state index in [2.05, 4.69) is 38.5 Å². The van der Waals surface area contributed by atoms with E-state index in [0.29, 0.717) is 23.1 Å². The van der Waals surface area contributed by atoms with Crippen molar-refractivity contribution in [2.24, 2.45) is 0 Å². The van der Waals surface area contributed by atoms with Gasteiger partial charge in [0.15, 0.2) is 23.2 Å². The highest BCUT2D eigenvalue weighted by Crippen LogP contribution is 2.39. The number of hydrogen-bond acceptors (Lipinski definition) is 8. The fourth-order valence-corrected chi connectivity index (χ4v) is 5.25. The van der Waals surface area contributed by atoms with Crippen LogP contribution in [0.5, 0.6) is 0 Å². The summed E-state index contributed by atoms with van der Waals surface area (Å²) in [5.41, 5.74) is 2.23. The molecule has 0 aliphatic carbocycles. The lowest BCUT2D eigenvalue weighted by atomic mass is 9.98. The van der Waals surface area contributed by atoms with Gasteiger partial charge in [-0.15, -0.1) is 0 Å². The molecule has 40 heavy (non-hydrogen) atoms. The summed E-state index contributed by atoms with van der Waals surface area (Å²) < 4.78 is 14.3. The van der Waals surface area contributed by atoms with E-state index in [4.69, 9.17) is 9.47 Å². The van der Waals surface area contributed by atoms with Crippen molar-refractivity contribution in [2.75, 3.05) is 11.9 Å². The zero-order valence-corrected chi connectivity index (χ0v) is 21.8. The lowest BCUT2D eigenvalue weighted by Gasteiger charge is -2.28. The van der Waals surface area contributed by atoms with Crippen LogP contribution in [0.3, 0.4) is 0 Å². The molecule has 1 aliphatic heterocycles. The molecule has 3 N–H and O–H groups in total. The zero-order valence-electron chi connectivity index (χ0n) is 21.8. The van der Waals surface area contributed by atoms with Crippen LogP contribution < -0.4 is 5.32 Å².